The molecule has 1 fully saturated rings. The first-order chi connectivity index (χ1) is 11.9. The molecule has 2 heteroatoms. The third kappa shape index (κ3) is 5.65. The van der Waals surface area contributed by atoms with E-state index in [1.807, 2.05) is 0 Å². The van der Waals surface area contributed by atoms with Crippen molar-refractivity contribution in [2.24, 2.45) is 4.99 Å². The highest BCUT2D eigenvalue weighted by atomic mass is 15.1. The minimum Gasteiger partial charge on any atom is -0.298 e. The predicted octanol–water partition coefficient (Wildman–Crippen LogP) is 4.86. The third-order valence-corrected chi connectivity index (χ3v) is 4.72. The van der Waals surface area contributed by atoms with Crippen LogP contribution in [0.5, 0.6) is 0 Å². The molecule has 24 heavy (non-hydrogen) atoms. The van der Waals surface area contributed by atoms with E-state index >= 15 is 0 Å². The Labute approximate surface area is 148 Å². The van der Waals surface area contributed by atoms with Gasteiger partial charge in [-0.3, -0.25) is 4.90 Å². The molecule has 2 aliphatic heterocycles. The van der Waals surface area contributed by atoms with Gasteiger partial charge in [-0.25, -0.2) is 4.99 Å². The summed E-state index contributed by atoms with van der Waals surface area (Å²) >= 11 is 0. The fourth-order valence-corrected chi connectivity index (χ4v) is 3.37. The summed E-state index contributed by atoms with van der Waals surface area (Å²) in [4.78, 5) is 7.42. The molecule has 1 aromatic carbocycles. The van der Waals surface area contributed by atoms with Gasteiger partial charge >= 0.3 is 0 Å². The van der Waals surface area contributed by atoms with E-state index in [4.69, 9.17) is 4.99 Å². The van der Waals surface area contributed by atoms with Crippen molar-refractivity contribution >= 4 is 5.71 Å². The fraction of sp³-hybridized carbons (Fsp3) is 0.500. The van der Waals surface area contributed by atoms with Crippen LogP contribution in [0.25, 0.3) is 0 Å². The van der Waals surface area contributed by atoms with Crippen molar-refractivity contribution in [1.82, 2.24) is 4.90 Å². The monoisotopic (exact) mass is 322 g/mol. The van der Waals surface area contributed by atoms with E-state index in [0.29, 0.717) is 0 Å². The van der Waals surface area contributed by atoms with Crippen molar-refractivity contribution < 1.29 is 1.43 Å². The molecular formula is C22H30N2. The van der Waals surface area contributed by atoms with Gasteiger partial charge in [-0.15, -0.1) is 0 Å². The van der Waals surface area contributed by atoms with Crippen molar-refractivity contribution in [1.29, 1.82) is 0 Å². The molecule has 2 nitrogen and oxygen atoms in total. The van der Waals surface area contributed by atoms with E-state index in [0.717, 1.165) is 37.9 Å². The molecule has 0 radical (unpaired) electrons. The largest absolute Gasteiger partial charge is 0.298 e. The molecule has 3 rings (SSSR count). The molecule has 0 aromatic heterocycles. The zero-order valence-electron chi connectivity index (χ0n) is 14.6. The highest BCUT2D eigenvalue weighted by molar-refractivity contribution is 6.01. The Morgan fingerprint density at radius 3 is 2.71 bits per heavy atom. The van der Waals surface area contributed by atoms with E-state index in [1.54, 1.807) is 0 Å². The lowest BCUT2D eigenvalue weighted by Gasteiger charge is -2.26. The second-order valence-electron chi connectivity index (χ2n) is 6.77. The van der Waals surface area contributed by atoms with E-state index in [1.165, 1.54) is 50.0 Å². The van der Waals surface area contributed by atoms with Crippen LogP contribution in [0.2, 0.25) is 0 Å². The number of aryl methyl sites for hydroxylation is 1. The van der Waals surface area contributed by atoms with Crippen LogP contribution in [-0.2, 0) is 6.42 Å². The summed E-state index contributed by atoms with van der Waals surface area (Å²) in [5.74, 6) is 6.67. The Morgan fingerprint density at radius 2 is 1.88 bits per heavy atom. The maximum Gasteiger partial charge on any atom is 0.0902 e. The summed E-state index contributed by atoms with van der Waals surface area (Å²) < 4.78 is 0. The number of nitrogens with zero attached hydrogens (tertiary/aromatic N) is 2. The van der Waals surface area contributed by atoms with Crippen LogP contribution in [0, 0.1) is 11.8 Å². The van der Waals surface area contributed by atoms with Gasteiger partial charge in [0.25, 0.3) is 0 Å². The van der Waals surface area contributed by atoms with Gasteiger partial charge in [0.2, 0.25) is 0 Å². The molecular weight excluding hydrogens is 292 g/mol. The van der Waals surface area contributed by atoms with Crippen molar-refractivity contribution in [3.63, 3.8) is 0 Å². The highest BCUT2D eigenvalue weighted by Gasteiger charge is 2.13. The van der Waals surface area contributed by atoms with Crippen LogP contribution in [0.4, 0.5) is 0 Å². The van der Waals surface area contributed by atoms with Gasteiger partial charge in [-0.05, 0) is 57.2 Å². The van der Waals surface area contributed by atoms with Crippen LogP contribution < -0.4 is 0 Å². The van der Waals surface area contributed by atoms with Crippen LogP contribution in [-0.4, -0.2) is 30.2 Å². The molecule has 0 spiro atoms. The lowest BCUT2D eigenvalue weighted by atomic mass is 10.1. The summed E-state index contributed by atoms with van der Waals surface area (Å²) in [6, 6.07) is 10.6. The minimum atomic E-state index is 0. The van der Waals surface area contributed by atoms with Crippen molar-refractivity contribution in [2.45, 2.75) is 51.4 Å². The van der Waals surface area contributed by atoms with Gasteiger partial charge in [0, 0.05) is 14.4 Å². The number of hydrogen-bond donors (Lipinski definition) is 0. The Morgan fingerprint density at radius 1 is 1.04 bits per heavy atom. The SMILES string of the molecule is C(#CC1=NC(CN2CCCCC2)=CCCC1)CCc1ccccc1.[HH]. The van der Waals surface area contributed by atoms with Gasteiger partial charge in [-0.2, -0.15) is 0 Å². The Balaban J connectivity index is 0.00000225. The van der Waals surface area contributed by atoms with E-state index < -0.39 is 0 Å². The average Bonchev–Trinajstić information content (AvgIpc) is 2.86. The molecule has 0 saturated carbocycles. The number of likely N-dealkylation sites (tertiary alicyclic amines) is 1. The standard InChI is InChI=1S/C22H28N2.H2/c1-3-11-20(12-4-1)13-5-6-14-21-15-7-8-16-22(23-21)19-24-17-9-2-10-18-24;/h1,3-4,11-12,16H,2,5,7-10,13,15,17-19H2;1H. The van der Waals surface area contributed by atoms with E-state index in [2.05, 4.69) is 53.1 Å². The van der Waals surface area contributed by atoms with Crippen LogP contribution in [0.3, 0.4) is 0 Å². The first kappa shape index (κ1) is 17.0. The lowest BCUT2D eigenvalue weighted by molar-refractivity contribution is 0.246. The van der Waals surface area contributed by atoms with Gasteiger partial charge in [0.05, 0.1) is 11.4 Å². The zero-order chi connectivity index (χ0) is 16.5. The topological polar surface area (TPSA) is 15.6 Å². The molecule has 0 N–H and O–H groups in total. The average molecular weight is 322 g/mol. The van der Waals surface area contributed by atoms with Crippen LogP contribution in [0.15, 0.2) is 47.1 Å². The molecule has 0 unspecified atom stereocenters. The molecule has 0 amide bonds. The first-order valence-electron chi connectivity index (χ1n) is 9.42. The maximum atomic E-state index is 4.88. The second kappa shape index (κ2) is 9.45. The summed E-state index contributed by atoms with van der Waals surface area (Å²) in [5.41, 5.74) is 3.69. The minimum absolute atomic E-state index is 0. The summed E-state index contributed by atoms with van der Waals surface area (Å²) in [7, 11) is 0. The van der Waals surface area contributed by atoms with Crippen molar-refractivity contribution in [3.05, 3.63) is 47.7 Å². The quantitative estimate of drug-likeness (QED) is 0.723. The van der Waals surface area contributed by atoms with Gasteiger partial charge in [0.1, 0.15) is 0 Å². The summed E-state index contributed by atoms with van der Waals surface area (Å²) in [6.07, 6.45) is 11.7. The maximum absolute atomic E-state index is 4.88. The lowest BCUT2D eigenvalue weighted by Crippen LogP contribution is -2.31. The second-order valence-corrected chi connectivity index (χ2v) is 6.77. The zero-order valence-corrected chi connectivity index (χ0v) is 14.6. The summed E-state index contributed by atoms with van der Waals surface area (Å²) in [6.45, 7) is 3.46. The normalized spacial score (nSPS) is 18.8. The van der Waals surface area contributed by atoms with Crippen LogP contribution in [0.1, 0.15) is 51.9 Å². The Hall–Kier alpha value is -1.85. The van der Waals surface area contributed by atoms with E-state index in [9.17, 15) is 0 Å². The Bertz CT molecular complexity index is 631. The molecule has 2 aliphatic rings. The predicted molar refractivity (Wildman–Crippen MR) is 104 cm³/mol. The Kier molecular flexibility index (Phi) is 6.69. The molecule has 0 aliphatic carbocycles. The molecule has 128 valence electrons. The molecule has 0 bridgehead atoms. The fourth-order valence-electron chi connectivity index (χ4n) is 3.37. The van der Waals surface area contributed by atoms with Crippen molar-refractivity contribution in [3.8, 4) is 11.8 Å². The number of rotatable bonds is 4. The highest BCUT2D eigenvalue weighted by Crippen LogP contribution is 2.15. The summed E-state index contributed by atoms with van der Waals surface area (Å²) in [5, 5.41) is 0. The number of benzene rings is 1. The molecule has 0 atom stereocenters. The number of hydrogen-bond acceptors (Lipinski definition) is 2. The van der Waals surface area contributed by atoms with E-state index in [-0.39, 0.29) is 1.43 Å². The number of piperidine rings is 1. The van der Waals surface area contributed by atoms with Gasteiger partial charge < -0.3 is 0 Å². The van der Waals surface area contributed by atoms with Gasteiger partial charge in [-0.1, -0.05) is 54.7 Å². The molecule has 1 saturated heterocycles. The number of aliphatic imine (C=N–C) groups is 1. The van der Waals surface area contributed by atoms with Gasteiger partial charge in [0.15, 0.2) is 0 Å². The molecule has 1 aromatic rings. The van der Waals surface area contributed by atoms with Crippen molar-refractivity contribution in [2.75, 3.05) is 19.6 Å². The smallest absolute Gasteiger partial charge is 0.0902 e. The first-order valence-corrected chi connectivity index (χ1v) is 9.42. The van der Waals surface area contributed by atoms with Crippen LogP contribution >= 0.6 is 0 Å². The molecule has 2 heterocycles. The number of allylic oxidation sites excluding steroid dienone is 1. The third-order valence-electron chi connectivity index (χ3n) is 4.72.